The maximum atomic E-state index is 12.4. The van der Waals surface area contributed by atoms with Crippen molar-refractivity contribution in [2.75, 3.05) is 0 Å². The molecule has 2 heterocycles. The molecule has 0 atom stereocenters. The molecule has 0 aliphatic rings. The van der Waals surface area contributed by atoms with Crippen molar-refractivity contribution in [3.05, 3.63) is 80.8 Å². The van der Waals surface area contributed by atoms with Crippen LogP contribution in [0.3, 0.4) is 0 Å². The largest absolute Gasteiger partial charge is 0.507 e. The summed E-state index contributed by atoms with van der Waals surface area (Å²) in [6, 6.07) is 11.8. The number of hydrogen-bond acceptors (Lipinski definition) is 5. The zero-order valence-electron chi connectivity index (χ0n) is 13.3. The fourth-order valence-corrected chi connectivity index (χ4v) is 2.55. The lowest BCUT2D eigenvalue weighted by molar-refractivity contribution is -0.670. The number of aromatic amines is 2. The van der Waals surface area contributed by atoms with Crippen LogP contribution in [0.1, 0.15) is 11.4 Å². The van der Waals surface area contributed by atoms with Gasteiger partial charge < -0.3 is 10.1 Å². The maximum Gasteiger partial charge on any atom is 0.427 e. The van der Waals surface area contributed by atoms with Gasteiger partial charge in [0.2, 0.25) is 5.69 Å². The van der Waals surface area contributed by atoms with Crippen LogP contribution in [0.5, 0.6) is 5.75 Å². The van der Waals surface area contributed by atoms with Crippen LogP contribution >= 0.6 is 0 Å². The summed E-state index contributed by atoms with van der Waals surface area (Å²) >= 11 is 0. The molecule has 26 heavy (non-hydrogen) atoms. The number of rotatable bonds is 3. The van der Waals surface area contributed by atoms with Gasteiger partial charge in [0.25, 0.3) is 11.8 Å². The minimum Gasteiger partial charge on any atom is -0.507 e. The van der Waals surface area contributed by atoms with Crippen molar-refractivity contribution < 1.29 is 14.3 Å². The number of H-pyrrole nitrogens is 2. The Morgan fingerprint density at radius 3 is 2.73 bits per heavy atom. The van der Waals surface area contributed by atoms with Crippen LogP contribution in [0, 0.1) is 0 Å². The van der Waals surface area contributed by atoms with E-state index in [1.54, 1.807) is 54.6 Å². The molecule has 0 fully saturated rings. The number of phenols is 1. The second-order valence-corrected chi connectivity index (χ2v) is 5.56. The van der Waals surface area contributed by atoms with E-state index in [1.807, 2.05) is 0 Å². The minimum atomic E-state index is -0.526. The number of para-hydroxylation sites is 1. The normalized spacial score (nSPS) is 11.4. The van der Waals surface area contributed by atoms with E-state index >= 15 is 0 Å². The molecule has 0 unspecified atom stereocenters. The number of nitrogens with zero attached hydrogens (tertiary/aromatic N) is 2. The van der Waals surface area contributed by atoms with Crippen molar-refractivity contribution in [1.29, 1.82) is 0 Å². The molecule has 0 spiro atoms. The van der Waals surface area contributed by atoms with Crippen LogP contribution < -0.4 is 15.9 Å². The van der Waals surface area contributed by atoms with Crippen LogP contribution in [0.2, 0.25) is 0 Å². The summed E-state index contributed by atoms with van der Waals surface area (Å²) in [6.07, 6.45) is 4.51. The molecule has 3 N–H and O–H groups in total. The summed E-state index contributed by atoms with van der Waals surface area (Å²) in [7, 11) is 0. The molecule has 2 aromatic carbocycles. The van der Waals surface area contributed by atoms with Crippen LogP contribution in [0.25, 0.3) is 28.7 Å². The molecule has 0 radical (unpaired) electrons. The Morgan fingerprint density at radius 2 is 1.96 bits per heavy atom. The van der Waals surface area contributed by atoms with E-state index in [0.29, 0.717) is 28.0 Å². The van der Waals surface area contributed by atoms with Crippen LogP contribution in [0.15, 0.2) is 62.8 Å². The average Bonchev–Trinajstić information content (AvgIpc) is 3.07. The van der Waals surface area contributed by atoms with Gasteiger partial charge >= 0.3 is 5.63 Å². The van der Waals surface area contributed by atoms with Gasteiger partial charge in [-0.15, -0.1) is 0 Å². The Labute approximate surface area is 145 Å². The first kappa shape index (κ1) is 15.6. The van der Waals surface area contributed by atoms with Gasteiger partial charge in [-0.2, -0.15) is 0 Å². The number of hydrogen-bond donors (Lipinski definition) is 3. The predicted molar refractivity (Wildman–Crippen MR) is 93.8 cm³/mol. The monoisotopic (exact) mass is 349 g/mol. The number of aromatic nitrogens is 4. The summed E-state index contributed by atoms with van der Waals surface area (Å²) in [5.74, 6) is 0.505. The van der Waals surface area contributed by atoms with Crippen LogP contribution in [-0.4, -0.2) is 20.3 Å². The second-order valence-electron chi connectivity index (χ2n) is 5.56. The average molecular weight is 349 g/mol. The Hall–Kier alpha value is -3.94. The van der Waals surface area contributed by atoms with Crippen molar-refractivity contribution in [3.8, 4) is 11.4 Å². The lowest BCUT2D eigenvalue weighted by Gasteiger charge is -2.00. The first-order valence-electron chi connectivity index (χ1n) is 7.71. The van der Waals surface area contributed by atoms with Gasteiger partial charge in [-0.05, 0) is 34.2 Å². The van der Waals surface area contributed by atoms with Gasteiger partial charge in [0.1, 0.15) is 11.6 Å². The molecule has 4 rings (SSSR count). The number of aromatic hydroxyl groups is 1. The molecule has 0 saturated carbocycles. The minimum absolute atomic E-state index is 0.141. The van der Waals surface area contributed by atoms with E-state index in [1.165, 1.54) is 10.9 Å². The second kappa shape index (κ2) is 6.17. The zero-order chi connectivity index (χ0) is 18.1. The predicted octanol–water partition coefficient (Wildman–Crippen LogP) is 1.36. The molecule has 0 bridgehead atoms. The molecule has 0 amide bonds. The van der Waals surface area contributed by atoms with Gasteiger partial charge in [0.05, 0.1) is 10.9 Å². The van der Waals surface area contributed by atoms with E-state index in [-0.39, 0.29) is 11.3 Å². The van der Waals surface area contributed by atoms with Crippen molar-refractivity contribution in [2.24, 2.45) is 0 Å². The fraction of sp³-hybridized carbons (Fsp3) is 0. The number of benzene rings is 2. The highest BCUT2D eigenvalue weighted by atomic mass is 16.5. The van der Waals surface area contributed by atoms with Crippen molar-refractivity contribution in [3.63, 3.8) is 0 Å². The van der Waals surface area contributed by atoms with E-state index in [9.17, 15) is 14.7 Å². The molecule has 0 aliphatic carbocycles. The molecular weight excluding hydrogens is 336 g/mol. The summed E-state index contributed by atoms with van der Waals surface area (Å²) in [4.78, 5) is 30.6. The Kier molecular flexibility index (Phi) is 3.70. The molecule has 0 saturated heterocycles. The van der Waals surface area contributed by atoms with E-state index < -0.39 is 5.63 Å². The molecule has 128 valence electrons. The molecule has 0 aliphatic heterocycles. The first-order chi connectivity index (χ1) is 12.6. The summed E-state index contributed by atoms with van der Waals surface area (Å²) < 4.78 is 5.98. The highest BCUT2D eigenvalue weighted by molar-refractivity contribution is 5.80. The van der Waals surface area contributed by atoms with Crippen molar-refractivity contribution in [2.45, 2.75) is 0 Å². The topological polar surface area (TPSA) is 116 Å². The van der Waals surface area contributed by atoms with Crippen molar-refractivity contribution in [1.82, 2.24) is 15.2 Å². The van der Waals surface area contributed by atoms with Crippen LogP contribution in [0.4, 0.5) is 0 Å². The Morgan fingerprint density at radius 1 is 1.12 bits per heavy atom. The summed E-state index contributed by atoms with van der Waals surface area (Å²) in [5, 5.41) is 12.6. The number of nitrogens with one attached hydrogen (secondary N) is 2. The third-order valence-corrected chi connectivity index (χ3v) is 3.82. The highest BCUT2D eigenvalue weighted by Gasteiger charge is 2.13. The molecule has 4 aromatic rings. The van der Waals surface area contributed by atoms with Crippen molar-refractivity contribution >= 4 is 23.1 Å². The SMILES string of the molecule is O=c1c[n+](-c2ccc3nc(/C=C\c4ccccc4O)[nH]c(=O)c3c2)[nH]o1. The van der Waals surface area contributed by atoms with Gasteiger partial charge in [0.15, 0.2) is 0 Å². The Balaban J connectivity index is 1.74. The van der Waals surface area contributed by atoms with Gasteiger partial charge in [-0.1, -0.05) is 18.2 Å². The molecular formula is C18H13N4O4+. The lowest BCUT2D eigenvalue weighted by atomic mass is 10.2. The summed E-state index contributed by atoms with van der Waals surface area (Å²) in [6.45, 7) is 0. The van der Waals surface area contributed by atoms with Gasteiger partial charge in [0, 0.05) is 17.7 Å². The third kappa shape index (κ3) is 2.91. The smallest absolute Gasteiger partial charge is 0.427 e. The standard InChI is InChI=1S/C18H12N4O4/c23-15-4-2-1-3-11(15)5-8-16-19-14-7-6-12(9-13(14)18(25)20-16)22-10-17(24)26-21-22/h1-10H,(H2-,19,20,21,23,24,25)/p+1. The first-order valence-corrected chi connectivity index (χ1v) is 7.71. The molecule has 8 heteroatoms. The fourth-order valence-electron chi connectivity index (χ4n) is 2.55. The zero-order valence-corrected chi connectivity index (χ0v) is 13.3. The third-order valence-electron chi connectivity index (χ3n) is 3.82. The lowest BCUT2D eigenvalue weighted by Crippen LogP contribution is -2.32. The summed E-state index contributed by atoms with van der Waals surface area (Å²) in [5.41, 5.74) is 0.835. The number of phenolic OH excluding ortho intramolecular Hbond substituents is 1. The maximum absolute atomic E-state index is 12.4. The van der Waals surface area contributed by atoms with E-state index in [0.717, 1.165) is 0 Å². The molecule has 2 aromatic heterocycles. The Bertz CT molecular complexity index is 1250. The highest BCUT2D eigenvalue weighted by Crippen LogP contribution is 2.18. The van der Waals surface area contributed by atoms with E-state index in [4.69, 9.17) is 0 Å². The number of fused-ring (bicyclic) bond motifs is 1. The van der Waals surface area contributed by atoms with Crippen LogP contribution in [-0.2, 0) is 0 Å². The van der Waals surface area contributed by atoms with Gasteiger partial charge in [-0.25, -0.2) is 9.78 Å². The molecule has 8 nitrogen and oxygen atoms in total. The van der Waals surface area contributed by atoms with Gasteiger partial charge in [-0.3, -0.25) is 9.32 Å². The van der Waals surface area contributed by atoms with E-state index in [2.05, 4.69) is 19.8 Å². The quantitative estimate of drug-likeness (QED) is 0.483.